The lowest BCUT2D eigenvalue weighted by molar-refractivity contribution is 0.0895. The van der Waals surface area contributed by atoms with E-state index >= 15 is 0 Å². The Morgan fingerprint density at radius 3 is 2.87 bits per heavy atom. The number of allylic oxidation sites excluding steroid dienone is 1. The average Bonchev–Trinajstić information content (AvgIpc) is 2.82. The van der Waals surface area contributed by atoms with E-state index in [4.69, 9.17) is 4.74 Å². The lowest BCUT2D eigenvalue weighted by Gasteiger charge is -2.39. The average molecular weight is 424 g/mol. The highest BCUT2D eigenvalue weighted by Gasteiger charge is 2.27. The minimum atomic E-state index is -0.0304. The van der Waals surface area contributed by atoms with Crippen LogP contribution in [0.2, 0.25) is 0 Å². The van der Waals surface area contributed by atoms with Gasteiger partial charge in [-0.1, -0.05) is 32.4 Å². The van der Waals surface area contributed by atoms with Crippen molar-refractivity contribution >= 4 is 16.8 Å². The van der Waals surface area contributed by atoms with Crippen molar-refractivity contribution in [1.29, 1.82) is 0 Å². The number of rotatable bonds is 10. The van der Waals surface area contributed by atoms with Gasteiger partial charge in [-0.3, -0.25) is 9.78 Å². The topological polar surface area (TPSA) is 54.5 Å². The molecule has 3 rings (SSSR count). The number of piperidine rings is 1. The number of unbranched alkanes of at least 4 members (excludes halogenated alkanes) is 1. The highest BCUT2D eigenvalue weighted by molar-refractivity contribution is 6.06. The molecule has 168 valence electrons. The number of hydrogen-bond donors (Lipinski definition) is 1. The van der Waals surface area contributed by atoms with Crippen molar-refractivity contribution in [3.05, 3.63) is 48.2 Å². The van der Waals surface area contributed by atoms with E-state index < -0.39 is 0 Å². The summed E-state index contributed by atoms with van der Waals surface area (Å²) in [5.41, 5.74) is 1.47. The third-order valence-electron chi connectivity index (χ3n) is 6.37. The van der Waals surface area contributed by atoms with E-state index in [0.29, 0.717) is 17.5 Å². The number of hydrogen-bond acceptors (Lipinski definition) is 4. The summed E-state index contributed by atoms with van der Waals surface area (Å²) in [5.74, 6) is 1.23. The van der Waals surface area contributed by atoms with Gasteiger partial charge < -0.3 is 15.0 Å². The quantitative estimate of drug-likeness (QED) is 0.533. The Labute approximate surface area is 186 Å². The third-order valence-corrected chi connectivity index (χ3v) is 6.37. The van der Waals surface area contributed by atoms with Crippen LogP contribution in [0.15, 0.2) is 42.6 Å². The zero-order valence-electron chi connectivity index (χ0n) is 19.3. The predicted molar refractivity (Wildman–Crippen MR) is 128 cm³/mol. The molecule has 1 saturated heterocycles. The number of fused-ring (bicyclic) bond motifs is 1. The number of carbonyl (C=O) groups is 1. The zero-order valence-corrected chi connectivity index (χ0v) is 19.3. The Morgan fingerprint density at radius 2 is 2.10 bits per heavy atom. The van der Waals surface area contributed by atoms with Crippen molar-refractivity contribution < 1.29 is 9.53 Å². The van der Waals surface area contributed by atoms with Crippen molar-refractivity contribution in [2.75, 3.05) is 26.7 Å². The van der Waals surface area contributed by atoms with Gasteiger partial charge in [-0.2, -0.15) is 0 Å². The fraction of sp³-hybridized carbons (Fsp3) is 0.538. The lowest BCUT2D eigenvalue weighted by atomic mass is 9.89. The summed E-state index contributed by atoms with van der Waals surface area (Å²) in [6.07, 6.45) is 13.3. The fourth-order valence-corrected chi connectivity index (χ4v) is 4.51. The first-order chi connectivity index (χ1) is 15.2. The van der Waals surface area contributed by atoms with Crippen LogP contribution in [0, 0.1) is 5.92 Å². The van der Waals surface area contributed by atoms with Gasteiger partial charge in [0.1, 0.15) is 5.75 Å². The fourth-order valence-electron chi connectivity index (χ4n) is 4.51. The van der Waals surface area contributed by atoms with Gasteiger partial charge in [0.2, 0.25) is 0 Å². The van der Waals surface area contributed by atoms with Crippen LogP contribution >= 0.6 is 0 Å². The molecule has 1 aromatic carbocycles. The molecule has 2 aromatic rings. The van der Waals surface area contributed by atoms with Crippen molar-refractivity contribution in [1.82, 2.24) is 15.2 Å². The Bertz CT molecular complexity index is 880. The maximum atomic E-state index is 12.9. The number of methoxy groups -OCH3 is 1. The van der Waals surface area contributed by atoms with E-state index in [-0.39, 0.29) is 5.91 Å². The summed E-state index contributed by atoms with van der Waals surface area (Å²) in [7, 11) is 1.63. The largest absolute Gasteiger partial charge is 0.497 e. The second-order valence-corrected chi connectivity index (χ2v) is 8.49. The Hall–Kier alpha value is -2.40. The number of nitrogens with one attached hydrogen (secondary N) is 1. The summed E-state index contributed by atoms with van der Waals surface area (Å²) in [6.45, 7) is 7.49. The summed E-state index contributed by atoms with van der Waals surface area (Å²) in [4.78, 5) is 20.0. The van der Waals surface area contributed by atoms with Gasteiger partial charge in [-0.05, 0) is 68.8 Å². The number of nitrogens with zero attached hydrogens (tertiary/aromatic N) is 2. The summed E-state index contributed by atoms with van der Waals surface area (Å²) in [6, 6.07) is 8.05. The van der Waals surface area contributed by atoms with Gasteiger partial charge in [0.05, 0.1) is 18.2 Å². The molecule has 1 amide bonds. The Kier molecular flexibility index (Phi) is 8.89. The smallest absolute Gasteiger partial charge is 0.252 e. The molecule has 2 unspecified atom stereocenters. The zero-order chi connectivity index (χ0) is 22.1. The summed E-state index contributed by atoms with van der Waals surface area (Å²) < 4.78 is 5.33. The normalized spacial score (nSPS) is 19.7. The van der Waals surface area contributed by atoms with Gasteiger partial charge >= 0.3 is 0 Å². The van der Waals surface area contributed by atoms with E-state index in [9.17, 15) is 4.79 Å². The molecule has 0 aliphatic carbocycles. The number of amides is 1. The maximum Gasteiger partial charge on any atom is 0.252 e. The number of pyridine rings is 1. The molecule has 1 N–H and O–H groups in total. The number of likely N-dealkylation sites (tertiary alicyclic amines) is 1. The van der Waals surface area contributed by atoms with Gasteiger partial charge in [-0.25, -0.2) is 0 Å². The molecule has 5 heteroatoms. The second kappa shape index (κ2) is 11.8. The van der Waals surface area contributed by atoms with Gasteiger partial charge in [-0.15, -0.1) is 0 Å². The molecule has 1 aliphatic heterocycles. The molecule has 0 spiro atoms. The van der Waals surface area contributed by atoms with Crippen LogP contribution in [-0.2, 0) is 0 Å². The van der Waals surface area contributed by atoms with E-state index in [1.54, 1.807) is 19.4 Å². The lowest BCUT2D eigenvalue weighted by Crippen LogP contribution is -2.45. The standard InChI is InChI=1S/C26H37N3O2/c1-4-6-7-8-9-15-29-16-13-20(17-21(29)5-2)19-28-26(30)23-12-14-27-25-11-10-22(31-3)18-24(23)25/h7-8,10-12,14,18,20-21H,4-6,9,13,15-17,19H2,1-3H3,(H,28,30). The number of aromatic nitrogens is 1. The second-order valence-electron chi connectivity index (χ2n) is 8.49. The highest BCUT2D eigenvalue weighted by Crippen LogP contribution is 2.26. The Balaban J connectivity index is 1.55. The Morgan fingerprint density at radius 1 is 1.26 bits per heavy atom. The van der Waals surface area contributed by atoms with Crippen LogP contribution in [0.5, 0.6) is 5.75 Å². The highest BCUT2D eigenvalue weighted by atomic mass is 16.5. The summed E-state index contributed by atoms with van der Waals surface area (Å²) in [5, 5.41) is 4.02. The minimum absolute atomic E-state index is 0.0304. The molecule has 1 aliphatic rings. The number of carbonyl (C=O) groups excluding carboxylic acids is 1. The molecular formula is C26H37N3O2. The van der Waals surface area contributed by atoms with Crippen molar-refractivity contribution in [2.45, 2.75) is 58.4 Å². The SMILES string of the molecule is CCCC=CCCN1CCC(CNC(=O)c2ccnc3ccc(OC)cc23)CC1CC. The van der Waals surface area contributed by atoms with E-state index in [2.05, 4.69) is 41.2 Å². The molecule has 1 aromatic heterocycles. The molecule has 5 nitrogen and oxygen atoms in total. The van der Waals surface area contributed by atoms with E-state index in [0.717, 1.165) is 62.0 Å². The summed E-state index contributed by atoms with van der Waals surface area (Å²) >= 11 is 0. The van der Waals surface area contributed by atoms with Crippen molar-refractivity contribution in [2.24, 2.45) is 5.92 Å². The molecule has 0 saturated carbocycles. The molecule has 0 radical (unpaired) electrons. The first kappa shape index (κ1) is 23.3. The molecular weight excluding hydrogens is 386 g/mol. The molecule has 2 atom stereocenters. The molecule has 0 bridgehead atoms. The van der Waals surface area contributed by atoms with Crippen molar-refractivity contribution in [3.63, 3.8) is 0 Å². The first-order valence-electron chi connectivity index (χ1n) is 11.8. The van der Waals surface area contributed by atoms with Crippen LogP contribution in [0.25, 0.3) is 10.9 Å². The number of ether oxygens (including phenoxy) is 1. The maximum absolute atomic E-state index is 12.9. The van der Waals surface area contributed by atoms with E-state index in [1.165, 1.54) is 12.8 Å². The van der Waals surface area contributed by atoms with Crippen LogP contribution in [0.1, 0.15) is 62.7 Å². The number of benzene rings is 1. The van der Waals surface area contributed by atoms with Crippen molar-refractivity contribution in [3.8, 4) is 5.75 Å². The van der Waals surface area contributed by atoms with Crippen LogP contribution in [0.3, 0.4) is 0 Å². The minimum Gasteiger partial charge on any atom is -0.497 e. The van der Waals surface area contributed by atoms with Gasteiger partial charge in [0.15, 0.2) is 0 Å². The monoisotopic (exact) mass is 423 g/mol. The van der Waals surface area contributed by atoms with Gasteiger partial charge in [0.25, 0.3) is 5.91 Å². The molecule has 1 fully saturated rings. The third kappa shape index (κ3) is 6.30. The van der Waals surface area contributed by atoms with Crippen LogP contribution < -0.4 is 10.1 Å². The van der Waals surface area contributed by atoms with Crippen LogP contribution in [0.4, 0.5) is 0 Å². The van der Waals surface area contributed by atoms with Crippen LogP contribution in [-0.4, -0.2) is 48.6 Å². The molecule has 31 heavy (non-hydrogen) atoms. The molecule has 2 heterocycles. The van der Waals surface area contributed by atoms with Gasteiger partial charge in [0, 0.05) is 30.7 Å². The first-order valence-corrected chi connectivity index (χ1v) is 11.8. The predicted octanol–water partition coefficient (Wildman–Crippen LogP) is 5.21. The van der Waals surface area contributed by atoms with E-state index in [1.807, 2.05) is 18.2 Å².